The molecule has 1 heterocycles. The van der Waals surface area contributed by atoms with E-state index in [1.165, 1.54) is 0 Å². The summed E-state index contributed by atoms with van der Waals surface area (Å²) in [6.07, 6.45) is 1.61. The summed E-state index contributed by atoms with van der Waals surface area (Å²) in [5, 5.41) is 6.11. The van der Waals surface area contributed by atoms with E-state index >= 15 is 0 Å². The van der Waals surface area contributed by atoms with E-state index in [2.05, 4.69) is 15.6 Å². The number of ether oxygens (including phenoxy) is 2. The summed E-state index contributed by atoms with van der Waals surface area (Å²) < 4.78 is 10.8. The number of hydrogen-bond donors (Lipinski definition) is 2. The van der Waals surface area contributed by atoms with Crippen LogP contribution < -0.4 is 20.1 Å². The van der Waals surface area contributed by atoms with Gasteiger partial charge in [0.25, 0.3) is 5.91 Å². The summed E-state index contributed by atoms with van der Waals surface area (Å²) in [5.41, 5.74) is 2.23. The second-order valence-corrected chi connectivity index (χ2v) is 6.01. The SMILES string of the molecule is CCOc1ccc(NC(=O)c2ccnc(NCc3ccccc3OC)c2)cc1. The monoisotopic (exact) mass is 377 g/mol. The number of rotatable bonds is 8. The highest BCUT2D eigenvalue weighted by Gasteiger charge is 2.08. The van der Waals surface area contributed by atoms with E-state index in [1.54, 1.807) is 25.4 Å². The predicted octanol–water partition coefficient (Wildman–Crippen LogP) is 4.35. The molecule has 0 aliphatic rings. The summed E-state index contributed by atoms with van der Waals surface area (Å²) in [5.74, 6) is 1.99. The van der Waals surface area contributed by atoms with Crippen LogP contribution in [0.1, 0.15) is 22.8 Å². The fourth-order valence-corrected chi connectivity index (χ4v) is 2.71. The van der Waals surface area contributed by atoms with Gasteiger partial charge in [0.1, 0.15) is 17.3 Å². The average Bonchev–Trinajstić information content (AvgIpc) is 2.74. The Morgan fingerprint density at radius 3 is 2.61 bits per heavy atom. The lowest BCUT2D eigenvalue weighted by atomic mass is 10.2. The Morgan fingerprint density at radius 2 is 1.86 bits per heavy atom. The first-order valence-electron chi connectivity index (χ1n) is 9.05. The van der Waals surface area contributed by atoms with Gasteiger partial charge in [0.2, 0.25) is 0 Å². The highest BCUT2D eigenvalue weighted by atomic mass is 16.5. The van der Waals surface area contributed by atoms with E-state index in [0.717, 1.165) is 17.1 Å². The Morgan fingerprint density at radius 1 is 1.07 bits per heavy atom. The van der Waals surface area contributed by atoms with Crippen molar-refractivity contribution in [1.82, 2.24) is 4.98 Å². The number of amides is 1. The van der Waals surface area contributed by atoms with Crippen molar-refractivity contribution < 1.29 is 14.3 Å². The van der Waals surface area contributed by atoms with Crippen LogP contribution in [0.5, 0.6) is 11.5 Å². The summed E-state index contributed by atoms with van der Waals surface area (Å²) in [6, 6.07) is 18.4. The molecule has 0 fully saturated rings. The number of nitrogens with one attached hydrogen (secondary N) is 2. The molecule has 6 heteroatoms. The van der Waals surface area contributed by atoms with Crippen molar-refractivity contribution >= 4 is 17.4 Å². The Kier molecular flexibility index (Phi) is 6.46. The van der Waals surface area contributed by atoms with Crippen LogP contribution in [0.15, 0.2) is 66.9 Å². The number of aromatic nitrogens is 1. The van der Waals surface area contributed by atoms with E-state index in [0.29, 0.717) is 30.2 Å². The molecule has 3 aromatic rings. The zero-order chi connectivity index (χ0) is 19.8. The van der Waals surface area contributed by atoms with Gasteiger partial charge in [-0.15, -0.1) is 0 Å². The molecule has 0 unspecified atom stereocenters. The zero-order valence-electron chi connectivity index (χ0n) is 15.9. The van der Waals surface area contributed by atoms with Crippen molar-refractivity contribution in [1.29, 1.82) is 0 Å². The van der Waals surface area contributed by atoms with Crippen LogP contribution in [0.4, 0.5) is 11.5 Å². The number of hydrogen-bond acceptors (Lipinski definition) is 5. The zero-order valence-corrected chi connectivity index (χ0v) is 15.9. The van der Waals surface area contributed by atoms with Crippen LogP contribution in [-0.2, 0) is 6.54 Å². The number of pyridine rings is 1. The molecule has 3 rings (SSSR count). The lowest BCUT2D eigenvalue weighted by molar-refractivity contribution is 0.102. The maximum atomic E-state index is 12.5. The number of anilines is 2. The second-order valence-electron chi connectivity index (χ2n) is 6.01. The maximum absolute atomic E-state index is 12.5. The minimum Gasteiger partial charge on any atom is -0.496 e. The Labute approximate surface area is 164 Å². The van der Waals surface area contributed by atoms with Crippen molar-refractivity contribution in [3.8, 4) is 11.5 Å². The third kappa shape index (κ3) is 5.01. The molecule has 0 saturated heterocycles. The Bertz CT molecular complexity index is 926. The number of benzene rings is 2. The summed E-state index contributed by atoms with van der Waals surface area (Å²) in [4.78, 5) is 16.8. The van der Waals surface area contributed by atoms with Gasteiger partial charge in [-0.2, -0.15) is 0 Å². The molecule has 2 aromatic carbocycles. The fourth-order valence-electron chi connectivity index (χ4n) is 2.71. The maximum Gasteiger partial charge on any atom is 0.255 e. The molecular weight excluding hydrogens is 354 g/mol. The van der Waals surface area contributed by atoms with Gasteiger partial charge in [0.15, 0.2) is 0 Å². The largest absolute Gasteiger partial charge is 0.496 e. The van der Waals surface area contributed by atoms with Crippen molar-refractivity contribution in [2.45, 2.75) is 13.5 Å². The lowest BCUT2D eigenvalue weighted by Gasteiger charge is -2.11. The first-order valence-corrected chi connectivity index (χ1v) is 9.05. The molecule has 0 aliphatic carbocycles. The van der Waals surface area contributed by atoms with Gasteiger partial charge in [-0.25, -0.2) is 4.98 Å². The molecule has 144 valence electrons. The van der Waals surface area contributed by atoms with Gasteiger partial charge in [-0.05, 0) is 49.4 Å². The molecule has 0 spiro atoms. The molecule has 0 atom stereocenters. The van der Waals surface area contributed by atoms with Crippen molar-refractivity contribution in [3.05, 3.63) is 78.0 Å². The molecule has 0 aliphatic heterocycles. The highest BCUT2D eigenvalue weighted by Crippen LogP contribution is 2.19. The van der Waals surface area contributed by atoms with Gasteiger partial charge in [0, 0.05) is 29.6 Å². The second kappa shape index (κ2) is 9.41. The molecule has 0 bridgehead atoms. The molecule has 0 radical (unpaired) electrons. The third-order valence-corrected chi connectivity index (χ3v) is 4.10. The van der Waals surface area contributed by atoms with Gasteiger partial charge >= 0.3 is 0 Å². The molecule has 28 heavy (non-hydrogen) atoms. The predicted molar refractivity (Wildman–Crippen MR) is 110 cm³/mol. The minimum absolute atomic E-state index is 0.202. The van der Waals surface area contributed by atoms with E-state index < -0.39 is 0 Å². The van der Waals surface area contributed by atoms with Crippen LogP contribution in [0.3, 0.4) is 0 Å². The molecule has 1 amide bonds. The first kappa shape index (κ1) is 19.2. The molecule has 0 saturated carbocycles. The molecule has 6 nitrogen and oxygen atoms in total. The normalized spacial score (nSPS) is 10.2. The van der Waals surface area contributed by atoms with E-state index in [1.807, 2.05) is 55.5 Å². The van der Waals surface area contributed by atoms with Crippen molar-refractivity contribution in [2.24, 2.45) is 0 Å². The van der Waals surface area contributed by atoms with Gasteiger partial charge < -0.3 is 20.1 Å². The number of carbonyl (C=O) groups is 1. The van der Waals surface area contributed by atoms with Gasteiger partial charge in [0.05, 0.1) is 13.7 Å². The molecule has 2 N–H and O–H groups in total. The molecular formula is C22H23N3O3. The van der Waals surface area contributed by atoms with Crippen LogP contribution in [-0.4, -0.2) is 24.6 Å². The van der Waals surface area contributed by atoms with Crippen LogP contribution in [0, 0.1) is 0 Å². The number of methoxy groups -OCH3 is 1. The summed E-state index contributed by atoms with van der Waals surface area (Å²) in [7, 11) is 1.64. The van der Waals surface area contributed by atoms with Crippen molar-refractivity contribution in [2.75, 3.05) is 24.4 Å². The Hall–Kier alpha value is -3.54. The quantitative estimate of drug-likeness (QED) is 0.610. The van der Waals surface area contributed by atoms with Gasteiger partial charge in [-0.1, -0.05) is 18.2 Å². The van der Waals surface area contributed by atoms with Crippen LogP contribution in [0.25, 0.3) is 0 Å². The summed E-state index contributed by atoms with van der Waals surface area (Å²) >= 11 is 0. The van der Waals surface area contributed by atoms with E-state index in [9.17, 15) is 4.79 Å². The number of carbonyl (C=O) groups excluding carboxylic acids is 1. The van der Waals surface area contributed by atoms with Crippen LogP contribution in [0.2, 0.25) is 0 Å². The highest BCUT2D eigenvalue weighted by molar-refractivity contribution is 6.04. The fraction of sp³-hybridized carbons (Fsp3) is 0.182. The van der Waals surface area contributed by atoms with Crippen molar-refractivity contribution in [3.63, 3.8) is 0 Å². The molecule has 1 aromatic heterocycles. The average molecular weight is 377 g/mol. The smallest absolute Gasteiger partial charge is 0.255 e. The topological polar surface area (TPSA) is 72.5 Å². The lowest BCUT2D eigenvalue weighted by Crippen LogP contribution is -2.13. The van der Waals surface area contributed by atoms with Crippen LogP contribution >= 0.6 is 0 Å². The minimum atomic E-state index is -0.202. The Balaban J connectivity index is 1.64. The first-order chi connectivity index (χ1) is 13.7. The summed E-state index contributed by atoms with van der Waals surface area (Å²) in [6.45, 7) is 3.08. The number of para-hydroxylation sites is 1. The van der Waals surface area contributed by atoms with E-state index in [4.69, 9.17) is 9.47 Å². The third-order valence-electron chi connectivity index (χ3n) is 4.10. The van der Waals surface area contributed by atoms with E-state index in [-0.39, 0.29) is 5.91 Å². The van der Waals surface area contributed by atoms with Gasteiger partial charge in [-0.3, -0.25) is 4.79 Å². The standard InChI is InChI=1S/C22H23N3O3/c1-3-28-19-10-8-18(9-11-19)25-22(26)16-12-13-23-21(14-16)24-15-17-6-4-5-7-20(17)27-2/h4-14H,3,15H2,1-2H3,(H,23,24)(H,25,26). The number of nitrogens with zero attached hydrogens (tertiary/aromatic N) is 1.